The van der Waals surface area contributed by atoms with E-state index in [1.54, 1.807) is 11.0 Å². The highest BCUT2D eigenvalue weighted by atomic mass is 32.2. The molecule has 0 radical (unpaired) electrons. The van der Waals surface area contributed by atoms with Crippen molar-refractivity contribution in [3.8, 4) is 11.5 Å². The number of nitrogens with zero attached hydrogens (tertiary/aromatic N) is 2. The SMILES string of the molecule is C/C=C/c1ccc(OCC(=O)N2CCN(S(=O)(=O)c3ccc(F)cc3)CC2)c(OC)c1. The predicted octanol–water partition coefficient (Wildman–Crippen LogP) is 2.78. The molecule has 1 heterocycles. The number of hydrogen-bond donors (Lipinski definition) is 0. The van der Waals surface area contributed by atoms with Crippen LogP contribution in [0.4, 0.5) is 4.39 Å². The first-order chi connectivity index (χ1) is 14.8. The number of halogens is 1. The predicted molar refractivity (Wildman–Crippen MR) is 115 cm³/mol. The molecule has 7 nitrogen and oxygen atoms in total. The van der Waals surface area contributed by atoms with Crippen molar-refractivity contribution in [2.24, 2.45) is 0 Å². The quantitative estimate of drug-likeness (QED) is 0.651. The van der Waals surface area contributed by atoms with Gasteiger partial charge in [0, 0.05) is 26.2 Å². The highest BCUT2D eigenvalue weighted by molar-refractivity contribution is 7.89. The first-order valence-electron chi connectivity index (χ1n) is 9.82. The number of carbonyl (C=O) groups is 1. The lowest BCUT2D eigenvalue weighted by atomic mass is 10.2. The van der Waals surface area contributed by atoms with Gasteiger partial charge in [-0.25, -0.2) is 12.8 Å². The molecule has 1 saturated heterocycles. The third-order valence-corrected chi connectivity index (χ3v) is 6.85. The first-order valence-corrected chi connectivity index (χ1v) is 11.3. The highest BCUT2D eigenvalue weighted by Crippen LogP contribution is 2.28. The summed E-state index contributed by atoms with van der Waals surface area (Å²) in [6.07, 6.45) is 3.84. The fourth-order valence-electron chi connectivity index (χ4n) is 3.26. The lowest BCUT2D eigenvalue weighted by molar-refractivity contribution is -0.134. The minimum atomic E-state index is -3.73. The fraction of sp³-hybridized carbons (Fsp3) is 0.318. The summed E-state index contributed by atoms with van der Waals surface area (Å²) < 4.78 is 50.7. The summed E-state index contributed by atoms with van der Waals surface area (Å²) in [5.41, 5.74) is 0.955. The van der Waals surface area contributed by atoms with Crippen LogP contribution in [0.5, 0.6) is 11.5 Å². The van der Waals surface area contributed by atoms with E-state index in [0.29, 0.717) is 11.5 Å². The number of ether oxygens (including phenoxy) is 2. The third-order valence-electron chi connectivity index (χ3n) is 4.94. The van der Waals surface area contributed by atoms with Crippen LogP contribution in [0.1, 0.15) is 12.5 Å². The Labute approximate surface area is 181 Å². The molecule has 0 unspecified atom stereocenters. The van der Waals surface area contributed by atoms with Crippen LogP contribution in [0.3, 0.4) is 0 Å². The number of piperazine rings is 1. The van der Waals surface area contributed by atoms with Crippen LogP contribution < -0.4 is 9.47 Å². The van der Waals surface area contributed by atoms with Gasteiger partial charge in [-0.05, 0) is 48.9 Å². The Morgan fingerprint density at radius 2 is 1.74 bits per heavy atom. The van der Waals surface area contributed by atoms with Crippen molar-refractivity contribution in [2.75, 3.05) is 39.9 Å². The number of benzene rings is 2. The van der Waals surface area contributed by atoms with Gasteiger partial charge in [0.15, 0.2) is 18.1 Å². The average Bonchev–Trinajstić information content (AvgIpc) is 2.78. The number of sulfonamides is 1. The van der Waals surface area contributed by atoms with Crippen LogP contribution in [0, 0.1) is 5.82 Å². The Bertz CT molecular complexity index is 1050. The molecule has 166 valence electrons. The topological polar surface area (TPSA) is 76.2 Å². The maximum atomic E-state index is 13.1. The zero-order valence-corrected chi connectivity index (χ0v) is 18.3. The van der Waals surface area contributed by atoms with Crippen molar-refractivity contribution in [3.05, 3.63) is 59.9 Å². The van der Waals surface area contributed by atoms with Crippen molar-refractivity contribution in [1.82, 2.24) is 9.21 Å². The van der Waals surface area contributed by atoms with Crippen molar-refractivity contribution >= 4 is 22.0 Å². The second-order valence-corrected chi connectivity index (χ2v) is 8.88. The summed E-state index contributed by atoms with van der Waals surface area (Å²) in [5.74, 6) is 0.251. The van der Waals surface area contributed by atoms with Gasteiger partial charge in [-0.2, -0.15) is 4.31 Å². The molecule has 31 heavy (non-hydrogen) atoms. The molecule has 0 saturated carbocycles. The smallest absolute Gasteiger partial charge is 0.260 e. The maximum Gasteiger partial charge on any atom is 0.260 e. The normalized spacial score (nSPS) is 15.3. The summed E-state index contributed by atoms with van der Waals surface area (Å²) >= 11 is 0. The van der Waals surface area contributed by atoms with E-state index < -0.39 is 15.8 Å². The van der Waals surface area contributed by atoms with Crippen LogP contribution in [0.25, 0.3) is 6.08 Å². The van der Waals surface area contributed by atoms with E-state index >= 15 is 0 Å². The van der Waals surface area contributed by atoms with Gasteiger partial charge in [0.25, 0.3) is 5.91 Å². The Kier molecular flexibility index (Phi) is 7.29. The summed E-state index contributed by atoms with van der Waals surface area (Å²) in [6, 6.07) is 10.1. The Morgan fingerprint density at radius 1 is 1.06 bits per heavy atom. The zero-order valence-electron chi connectivity index (χ0n) is 17.5. The molecule has 0 atom stereocenters. The standard InChI is InChI=1S/C22H25FN2O5S/c1-3-4-17-5-10-20(21(15-17)29-2)30-16-22(26)24-11-13-25(14-12-24)31(27,28)19-8-6-18(23)7-9-19/h3-10,15H,11-14,16H2,1-2H3/b4-3+. The largest absolute Gasteiger partial charge is 0.493 e. The molecule has 0 spiro atoms. The molecule has 0 bridgehead atoms. The second-order valence-electron chi connectivity index (χ2n) is 6.94. The monoisotopic (exact) mass is 448 g/mol. The average molecular weight is 449 g/mol. The molecule has 0 aromatic heterocycles. The number of allylic oxidation sites excluding steroid dienone is 1. The van der Waals surface area contributed by atoms with Crippen LogP contribution >= 0.6 is 0 Å². The molecule has 2 aromatic rings. The molecule has 3 rings (SSSR count). The van der Waals surface area contributed by atoms with Crippen molar-refractivity contribution in [1.29, 1.82) is 0 Å². The Morgan fingerprint density at radius 3 is 2.35 bits per heavy atom. The van der Waals surface area contributed by atoms with Crippen molar-refractivity contribution in [3.63, 3.8) is 0 Å². The summed E-state index contributed by atoms with van der Waals surface area (Å²) in [4.78, 5) is 14.1. The van der Waals surface area contributed by atoms with Crippen molar-refractivity contribution < 1.29 is 27.1 Å². The van der Waals surface area contributed by atoms with Gasteiger partial charge in [0.05, 0.1) is 12.0 Å². The first kappa shape index (κ1) is 22.8. The van der Waals surface area contributed by atoms with Gasteiger partial charge >= 0.3 is 0 Å². The maximum absolute atomic E-state index is 13.1. The van der Waals surface area contributed by atoms with E-state index in [1.165, 1.54) is 23.5 Å². The van der Waals surface area contributed by atoms with Gasteiger partial charge in [-0.1, -0.05) is 18.2 Å². The number of hydrogen-bond acceptors (Lipinski definition) is 5. The van der Waals surface area contributed by atoms with Gasteiger partial charge in [-0.3, -0.25) is 4.79 Å². The lowest BCUT2D eigenvalue weighted by Crippen LogP contribution is -2.51. The van der Waals surface area contributed by atoms with Gasteiger partial charge in [-0.15, -0.1) is 0 Å². The van der Waals surface area contributed by atoms with E-state index in [9.17, 15) is 17.6 Å². The second kappa shape index (κ2) is 9.93. The number of methoxy groups -OCH3 is 1. The zero-order chi connectivity index (χ0) is 22.4. The summed E-state index contributed by atoms with van der Waals surface area (Å²) in [7, 11) is -2.19. The molecule has 1 aliphatic rings. The van der Waals surface area contributed by atoms with Gasteiger partial charge in [0.1, 0.15) is 5.82 Å². The molecule has 1 fully saturated rings. The fourth-order valence-corrected chi connectivity index (χ4v) is 4.69. The minimum Gasteiger partial charge on any atom is -0.493 e. The van der Waals surface area contributed by atoms with Gasteiger partial charge < -0.3 is 14.4 Å². The van der Waals surface area contributed by atoms with E-state index in [4.69, 9.17) is 9.47 Å². The molecule has 0 aliphatic carbocycles. The summed E-state index contributed by atoms with van der Waals surface area (Å²) in [6.45, 7) is 2.56. The third kappa shape index (κ3) is 5.42. The molecule has 1 aliphatic heterocycles. The van der Waals surface area contributed by atoms with E-state index in [1.807, 2.05) is 31.2 Å². The van der Waals surface area contributed by atoms with E-state index in [2.05, 4.69) is 0 Å². The summed E-state index contributed by atoms with van der Waals surface area (Å²) in [5, 5.41) is 0. The molecular formula is C22H25FN2O5S. The van der Waals surface area contributed by atoms with Crippen LogP contribution in [0.15, 0.2) is 53.4 Å². The van der Waals surface area contributed by atoms with Crippen LogP contribution in [0.2, 0.25) is 0 Å². The van der Waals surface area contributed by atoms with Crippen LogP contribution in [-0.4, -0.2) is 63.4 Å². The van der Waals surface area contributed by atoms with Crippen LogP contribution in [-0.2, 0) is 14.8 Å². The Hall–Kier alpha value is -2.91. The highest BCUT2D eigenvalue weighted by Gasteiger charge is 2.30. The minimum absolute atomic E-state index is 0.0328. The number of amides is 1. The van der Waals surface area contributed by atoms with E-state index in [-0.39, 0.29) is 43.6 Å². The number of carbonyl (C=O) groups excluding carboxylic acids is 1. The Balaban J connectivity index is 1.56. The van der Waals surface area contributed by atoms with Crippen molar-refractivity contribution in [2.45, 2.75) is 11.8 Å². The van der Waals surface area contributed by atoms with Gasteiger partial charge in [0.2, 0.25) is 10.0 Å². The van der Waals surface area contributed by atoms with E-state index in [0.717, 1.165) is 17.7 Å². The molecule has 2 aromatic carbocycles. The molecule has 1 amide bonds. The number of rotatable bonds is 7. The molecular weight excluding hydrogens is 423 g/mol. The molecule has 9 heteroatoms. The molecule has 0 N–H and O–H groups in total. The lowest BCUT2D eigenvalue weighted by Gasteiger charge is -2.34.